The third-order valence-electron chi connectivity index (χ3n) is 6.80. The van der Waals surface area contributed by atoms with Crippen molar-refractivity contribution in [1.82, 2.24) is 14.8 Å². The van der Waals surface area contributed by atoms with Gasteiger partial charge in [-0.05, 0) is 79.0 Å². The summed E-state index contributed by atoms with van der Waals surface area (Å²) in [5, 5.41) is 1.25. The van der Waals surface area contributed by atoms with E-state index in [9.17, 15) is 4.79 Å². The van der Waals surface area contributed by atoms with Crippen LogP contribution in [0.3, 0.4) is 0 Å². The molecular formula is C26H37N3O2S. The van der Waals surface area contributed by atoms with Gasteiger partial charge in [0.25, 0.3) is 0 Å². The highest BCUT2D eigenvalue weighted by molar-refractivity contribution is 7.18. The Kier molecular flexibility index (Phi) is 6.38. The van der Waals surface area contributed by atoms with E-state index in [2.05, 4.69) is 57.0 Å². The Hall–Kier alpha value is -1.92. The molecule has 6 heteroatoms. The second-order valence-corrected chi connectivity index (χ2v) is 11.8. The first-order valence-electron chi connectivity index (χ1n) is 11.9. The molecule has 32 heavy (non-hydrogen) atoms. The van der Waals surface area contributed by atoms with Gasteiger partial charge in [-0.1, -0.05) is 19.1 Å². The lowest BCUT2D eigenvalue weighted by atomic mass is 9.88. The molecule has 0 aliphatic carbocycles. The highest BCUT2D eigenvalue weighted by Crippen LogP contribution is 2.39. The van der Waals surface area contributed by atoms with Crippen molar-refractivity contribution in [1.29, 1.82) is 0 Å². The molecule has 2 aliphatic heterocycles. The van der Waals surface area contributed by atoms with Crippen molar-refractivity contribution in [3.8, 4) is 0 Å². The van der Waals surface area contributed by atoms with E-state index in [4.69, 9.17) is 9.72 Å². The lowest BCUT2D eigenvalue weighted by molar-refractivity contribution is 0.0327. The van der Waals surface area contributed by atoms with E-state index >= 15 is 0 Å². The van der Waals surface area contributed by atoms with Gasteiger partial charge >= 0.3 is 6.09 Å². The van der Waals surface area contributed by atoms with Gasteiger partial charge in [0.1, 0.15) is 5.60 Å². The second kappa shape index (κ2) is 8.79. The van der Waals surface area contributed by atoms with Crippen LogP contribution in [0.1, 0.15) is 77.3 Å². The Morgan fingerprint density at radius 2 is 1.84 bits per heavy atom. The fraction of sp³-hybridized carbons (Fsp3) is 0.615. The summed E-state index contributed by atoms with van der Waals surface area (Å²) in [4.78, 5) is 22.3. The zero-order valence-corrected chi connectivity index (χ0v) is 21.3. The van der Waals surface area contributed by atoms with Crippen LogP contribution in [0.25, 0.3) is 15.9 Å². The fourth-order valence-corrected chi connectivity index (χ4v) is 5.91. The van der Waals surface area contributed by atoms with Crippen LogP contribution in [0.15, 0.2) is 24.3 Å². The van der Waals surface area contributed by atoms with Crippen molar-refractivity contribution in [3.05, 3.63) is 34.8 Å². The Balaban J connectivity index is 1.62. The largest absolute Gasteiger partial charge is 0.443 e. The number of allylic oxidation sites excluding steroid dienone is 1. The third kappa shape index (κ3) is 4.86. The van der Waals surface area contributed by atoms with E-state index in [1.54, 1.807) is 4.90 Å². The summed E-state index contributed by atoms with van der Waals surface area (Å²) in [6.45, 7) is 13.2. The van der Waals surface area contributed by atoms with Crippen molar-refractivity contribution in [2.24, 2.45) is 5.92 Å². The topological polar surface area (TPSA) is 45.7 Å². The first-order valence-corrected chi connectivity index (χ1v) is 12.7. The number of rotatable bonds is 2. The maximum Gasteiger partial charge on any atom is 0.414 e. The van der Waals surface area contributed by atoms with Gasteiger partial charge in [-0.3, -0.25) is 4.90 Å². The predicted octanol–water partition coefficient (Wildman–Crippen LogP) is 6.50. The van der Waals surface area contributed by atoms with Gasteiger partial charge in [-0.2, -0.15) is 0 Å². The van der Waals surface area contributed by atoms with Crippen LogP contribution in [0.2, 0.25) is 0 Å². The molecule has 4 atom stereocenters. The highest BCUT2D eigenvalue weighted by Gasteiger charge is 2.32. The van der Waals surface area contributed by atoms with Gasteiger partial charge in [-0.15, -0.1) is 11.3 Å². The minimum absolute atomic E-state index is 0.274. The van der Waals surface area contributed by atoms with Crippen LogP contribution >= 0.6 is 11.3 Å². The molecule has 1 fully saturated rings. The number of benzene rings is 1. The van der Waals surface area contributed by atoms with Gasteiger partial charge in [-0.25, -0.2) is 9.78 Å². The van der Waals surface area contributed by atoms with Gasteiger partial charge in [0.2, 0.25) is 0 Å². The molecule has 0 saturated carbocycles. The van der Waals surface area contributed by atoms with Gasteiger partial charge in [0, 0.05) is 30.1 Å². The summed E-state index contributed by atoms with van der Waals surface area (Å²) in [5.74, 6) is 0.930. The first kappa shape index (κ1) is 23.2. The van der Waals surface area contributed by atoms with Crippen LogP contribution in [-0.2, 0) is 4.74 Å². The zero-order chi connectivity index (χ0) is 23.2. The number of hydrogen-bond acceptors (Lipinski definition) is 5. The first-order chi connectivity index (χ1) is 15.0. The van der Waals surface area contributed by atoms with E-state index in [0.29, 0.717) is 30.5 Å². The molecule has 5 nitrogen and oxygen atoms in total. The van der Waals surface area contributed by atoms with Crippen molar-refractivity contribution in [3.63, 3.8) is 0 Å². The molecule has 0 bridgehead atoms. The van der Waals surface area contributed by atoms with E-state index in [-0.39, 0.29) is 6.09 Å². The van der Waals surface area contributed by atoms with Gasteiger partial charge in [0.05, 0.1) is 20.9 Å². The summed E-state index contributed by atoms with van der Waals surface area (Å²) in [6, 6.07) is 7.59. The van der Waals surface area contributed by atoms with Crippen LogP contribution in [0.5, 0.6) is 0 Å². The monoisotopic (exact) mass is 455 g/mol. The molecule has 1 aromatic carbocycles. The smallest absolute Gasteiger partial charge is 0.414 e. The van der Waals surface area contributed by atoms with Crippen molar-refractivity contribution in [2.45, 2.75) is 84.4 Å². The Bertz CT molecular complexity index is 1010. The van der Waals surface area contributed by atoms with Crippen molar-refractivity contribution < 1.29 is 9.53 Å². The van der Waals surface area contributed by atoms with E-state index in [1.165, 1.54) is 9.71 Å². The minimum Gasteiger partial charge on any atom is -0.443 e. The number of carbonyl (C=O) groups is 1. The summed E-state index contributed by atoms with van der Waals surface area (Å²) in [7, 11) is 2.23. The molecule has 1 amide bonds. The summed E-state index contributed by atoms with van der Waals surface area (Å²) >= 11 is 1.83. The molecule has 2 aromatic rings. The number of fused-ring (bicyclic) bond motifs is 1. The number of amides is 1. The summed E-state index contributed by atoms with van der Waals surface area (Å²) < 4.78 is 6.92. The molecule has 0 radical (unpaired) electrons. The van der Waals surface area contributed by atoms with Crippen LogP contribution in [0.4, 0.5) is 4.79 Å². The lowest BCUT2D eigenvalue weighted by Gasteiger charge is -2.39. The zero-order valence-electron chi connectivity index (χ0n) is 20.5. The Labute approximate surface area is 196 Å². The van der Waals surface area contributed by atoms with Crippen molar-refractivity contribution in [2.75, 3.05) is 13.6 Å². The molecule has 0 spiro atoms. The molecule has 1 aromatic heterocycles. The normalized spacial score (nSPS) is 27.5. The standard InChI is InChI=1S/C26H37N3O2S/c1-16-8-10-22(29(15-16)25(30)31-26(4,5)6)19-9-11-23-21(14-19)27-24(32-23)20-12-17(2)28(7)18(3)13-20/h9-11,14,16-18,20H,8,12-13,15H2,1-7H3/t16-,17-,18+,20+/m0/s1. The highest BCUT2D eigenvalue weighted by atomic mass is 32.1. The van der Waals surface area contributed by atoms with E-state index in [0.717, 1.165) is 36.0 Å². The molecule has 1 saturated heterocycles. The van der Waals surface area contributed by atoms with E-state index < -0.39 is 5.60 Å². The molecule has 2 aliphatic rings. The van der Waals surface area contributed by atoms with Gasteiger partial charge < -0.3 is 9.64 Å². The predicted molar refractivity (Wildman–Crippen MR) is 133 cm³/mol. The molecule has 4 rings (SSSR count). The fourth-order valence-electron chi connectivity index (χ4n) is 4.84. The third-order valence-corrected chi connectivity index (χ3v) is 8.00. The molecular weight excluding hydrogens is 418 g/mol. The maximum absolute atomic E-state index is 13.0. The van der Waals surface area contributed by atoms with Crippen LogP contribution in [-0.4, -0.2) is 52.2 Å². The molecule has 174 valence electrons. The number of aromatic nitrogens is 1. The number of likely N-dealkylation sites (tertiary alicyclic amines) is 1. The minimum atomic E-state index is -0.515. The number of carbonyl (C=O) groups excluding carboxylic acids is 1. The number of ether oxygens (including phenoxy) is 1. The number of thiazole rings is 1. The lowest BCUT2D eigenvalue weighted by Crippen LogP contribution is -2.43. The molecule has 0 N–H and O–H groups in total. The van der Waals surface area contributed by atoms with Crippen molar-refractivity contribution >= 4 is 33.3 Å². The average molecular weight is 456 g/mol. The Morgan fingerprint density at radius 3 is 2.50 bits per heavy atom. The van der Waals surface area contributed by atoms with Crippen LogP contribution < -0.4 is 0 Å². The number of nitrogens with zero attached hydrogens (tertiary/aromatic N) is 3. The maximum atomic E-state index is 13.0. The molecule has 0 unspecified atom stereocenters. The summed E-state index contributed by atoms with van der Waals surface area (Å²) in [6.07, 6.45) is 5.17. The Morgan fingerprint density at radius 1 is 1.16 bits per heavy atom. The number of piperidine rings is 1. The van der Waals surface area contributed by atoms with Crippen LogP contribution in [0, 0.1) is 5.92 Å². The SMILES string of the molecule is C[C@H]1CC=C(c2ccc3sc([C@H]4C[C@@H](C)N(C)[C@@H](C)C4)nc3c2)N(C(=O)OC(C)(C)C)C1. The second-order valence-electron chi connectivity index (χ2n) is 10.8. The number of hydrogen-bond donors (Lipinski definition) is 0. The average Bonchev–Trinajstić information content (AvgIpc) is 3.13. The molecule has 3 heterocycles. The summed E-state index contributed by atoms with van der Waals surface area (Å²) in [5.41, 5.74) is 2.50. The quantitative estimate of drug-likeness (QED) is 0.518. The van der Waals surface area contributed by atoms with E-state index in [1.807, 2.05) is 32.1 Å². The van der Waals surface area contributed by atoms with Gasteiger partial charge in [0.15, 0.2) is 0 Å².